The summed E-state index contributed by atoms with van der Waals surface area (Å²) >= 11 is 0. The number of amides is 1. The fraction of sp³-hybridized carbons (Fsp3) is 0.417. The summed E-state index contributed by atoms with van der Waals surface area (Å²) in [5.74, 6) is 0.985. The molecular weight excluding hydrogens is 416 g/mol. The number of hydrogen-bond donors (Lipinski definition) is 0. The van der Waals surface area contributed by atoms with Gasteiger partial charge in [-0.15, -0.1) is 0 Å². The van der Waals surface area contributed by atoms with Crippen molar-refractivity contribution in [3.05, 3.63) is 66.2 Å². The predicted molar refractivity (Wildman–Crippen MR) is 126 cm³/mol. The van der Waals surface area contributed by atoms with Crippen molar-refractivity contribution in [1.29, 1.82) is 0 Å². The second-order valence-electron chi connectivity index (χ2n) is 8.63. The van der Waals surface area contributed by atoms with Crippen molar-refractivity contribution in [2.24, 2.45) is 0 Å². The average molecular weight is 447 g/mol. The van der Waals surface area contributed by atoms with Crippen LogP contribution in [0, 0.1) is 0 Å². The lowest BCUT2D eigenvalue weighted by molar-refractivity contribution is -0.134. The molecule has 2 aliphatic heterocycles. The van der Waals surface area contributed by atoms with Crippen LogP contribution < -0.4 is 4.90 Å². The van der Waals surface area contributed by atoms with Gasteiger partial charge in [0, 0.05) is 58.9 Å². The third-order valence-corrected chi connectivity index (χ3v) is 6.44. The number of benzene rings is 2. The SMILES string of the molecule is O=C(CN1CCN(c2nnnn2-c2ccccc2)CC1)N1CCN(Cc2ccccc2)CC1. The minimum absolute atomic E-state index is 0.233. The summed E-state index contributed by atoms with van der Waals surface area (Å²) in [6.45, 7) is 8.13. The van der Waals surface area contributed by atoms with E-state index in [-0.39, 0.29) is 5.91 Å². The van der Waals surface area contributed by atoms with E-state index in [1.807, 2.05) is 41.3 Å². The molecule has 0 N–H and O–H groups in total. The van der Waals surface area contributed by atoms with Crippen molar-refractivity contribution >= 4 is 11.9 Å². The van der Waals surface area contributed by atoms with Crippen molar-refractivity contribution in [1.82, 2.24) is 34.9 Å². The fourth-order valence-corrected chi connectivity index (χ4v) is 4.51. The first-order chi connectivity index (χ1) is 16.3. The van der Waals surface area contributed by atoms with E-state index in [0.717, 1.165) is 70.5 Å². The number of piperazine rings is 2. The van der Waals surface area contributed by atoms with Crippen molar-refractivity contribution in [3.8, 4) is 5.69 Å². The van der Waals surface area contributed by atoms with Crippen LogP contribution in [0.4, 0.5) is 5.95 Å². The summed E-state index contributed by atoms with van der Waals surface area (Å²) in [5, 5.41) is 12.3. The third-order valence-electron chi connectivity index (χ3n) is 6.44. The van der Waals surface area contributed by atoms with Gasteiger partial charge in [-0.3, -0.25) is 14.6 Å². The number of carbonyl (C=O) groups is 1. The topological polar surface area (TPSA) is 73.6 Å². The maximum absolute atomic E-state index is 12.9. The second kappa shape index (κ2) is 10.1. The van der Waals surface area contributed by atoms with Gasteiger partial charge in [0.05, 0.1) is 12.2 Å². The number of tetrazole rings is 1. The van der Waals surface area contributed by atoms with Crippen molar-refractivity contribution in [2.45, 2.75) is 6.54 Å². The zero-order valence-electron chi connectivity index (χ0n) is 18.8. The van der Waals surface area contributed by atoms with E-state index in [1.165, 1.54) is 5.56 Å². The van der Waals surface area contributed by atoms with E-state index >= 15 is 0 Å². The molecule has 1 aromatic heterocycles. The Morgan fingerprint density at radius 1 is 0.758 bits per heavy atom. The Morgan fingerprint density at radius 3 is 2.09 bits per heavy atom. The second-order valence-corrected chi connectivity index (χ2v) is 8.63. The summed E-state index contributed by atoms with van der Waals surface area (Å²) in [6, 6.07) is 20.5. The van der Waals surface area contributed by atoms with Crippen molar-refractivity contribution in [3.63, 3.8) is 0 Å². The Bertz CT molecular complexity index is 1020. The van der Waals surface area contributed by atoms with Gasteiger partial charge in [0.25, 0.3) is 0 Å². The van der Waals surface area contributed by atoms with Crippen LogP contribution in [0.1, 0.15) is 5.56 Å². The number of carbonyl (C=O) groups excluding carboxylic acids is 1. The summed E-state index contributed by atoms with van der Waals surface area (Å²) in [6.07, 6.45) is 0. The van der Waals surface area contributed by atoms with Crippen LogP contribution in [0.3, 0.4) is 0 Å². The molecule has 0 saturated carbocycles. The van der Waals surface area contributed by atoms with Gasteiger partial charge >= 0.3 is 0 Å². The fourth-order valence-electron chi connectivity index (χ4n) is 4.51. The summed E-state index contributed by atoms with van der Waals surface area (Å²) in [5.41, 5.74) is 2.27. The lowest BCUT2D eigenvalue weighted by atomic mass is 10.2. The van der Waals surface area contributed by atoms with E-state index < -0.39 is 0 Å². The molecule has 172 valence electrons. The molecule has 0 aliphatic carbocycles. The van der Waals surface area contributed by atoms with E-state index in [4.69, 9.17) is 0 Å². The lowest BCUT2D eigenvalue weighted by Crippen LogP contribution is -2.54. The van der Waals surface area contributed by atoms with E-state index in [9.17, 15) is 4.79 Å². The standard InChI is InChI=1S/C24H30N8O/c33-23(30-15-11-28(12-16-30)19-21-7-3-1-4-8-21)20-29-13-17-31(18-14-29)24-25-26-27-32(24)22-9-5-2-6-10-22/h1-10H,11-20H2. The maximum Gasteiger partial charge on any atom is 0.250 e. The molecule has 0 spiro atoms. The number of anilines is 1. The molecule has 5 rings (SSSR count). The van der Waals surface area contributed by atoms with Gasteiger partial charge in [0.1, 0.15) is 0 Å². The molecule has 2 fully saturated rings. The summed E-state index contributed by atoms with van der Waals surface area (Å²) in [7, 11) is 0. The Hall–Kier alpha value is -3.30. The van der Waals surface area contributed by atoms with Crippen LogP contribution >= 0.6 is 0 Å². The molecule has 9 heteroatoms. The molecule has 0 bridgehead atoms. The zero-order valence-corrected chi connectivity index (χ0v) is 18.8. The van der Waals surface area contributed by atoms with E-state index in [1.54, 1.807) is 4.68 Å². The predicted octanol–water partition coefficient (Wildman–Crippen LogP) is 1.13. The molecule has 2 aromatic carbocycles. The highest BCUT2D eigenvalue weighted by Gasteiger charge is 2.26. The molecule has 0 unspecified atom stereocenters. The zero-order chi connectivity index (χ0) is 22.5. The normalized spacial score (nSPS) is 17.9. The average Bonchev–Trinajstić information content (AvgIpc) is 3.36. The molecule has 3 heterocycles. The minimum atomic E-state index is 0.233. The van der Waals surface area contributed by atoms with Gasteiger partial charge in [-0.2, -0.15) is 4.68 Å². The van der Waals surface area contributed by atoms with E-state index in [2.05, 4.69) is 54.5 Å². The van der Waals surface area contributed by atoms with Gasteiger partial charge in [-0.25, -0.2) is 0 Å². The highest BCUT2D eigenvalue weighted by Crippen LogP contribution is 2.17. The molecule has 2 saturated heterocycles. The number of hydrogen-bond acceptors (Lipinski definition) is 7. The lowest BCUT2D eigenvalue weighted by Gasteiger charge is -2.38. The smallest absolute Gasteiger partial charge is 0.250 e. The van der Waals surface area contributed by atoms with Crippen LogP contribution in [0.25, 0.3) is 5.69 Å². The monoisotopic (exact) mass is 446 g/mol. The van der Waals surface area contributed by atoms with Crippen molar-refractivity contribution in [2.75, 3.05) is 63.8 Å². The van der Waals surface area contributed by atoms with Crippen LogP contribution in [0.15, 0.2) is 60.7 Å². The highest BCUT2D eigenvalue weighted by atomic mass is 16.2. The van der Waals surface area contributed by atoms with Crippen LogP contribution in [0.5, 0.6) is 0 Å². The molecular formula is C24H30N8O. The Balaban J connectivity index is 1.08. The molecule has 3 aromatic rings. The van der Waals surface area contributed by atoms with Gasteiger partial charge < -0.3 is 9.80 Å². The highest BCUT2D eigenvalue weighted by molar-refractivity contribution is 5.78. The van der Waals surface area contributed by atoms with Gasteiger partial charge in [-0.05, 0) is 28.1 Å². The summed E-state index contributed by atoms with van der Waals surface area (Å²) in [4.78, 5) is 21.8. The number of para-hydroxylation sites is 1. The Kier molecular flexibility index (Phi) is 6.59. The first kappa shape index (κ1) is 21.5. The van der Waals surface area contributed by atoms with Gasteiger partial charge in [-0.1, -0.05) is 53.6 Å². The molecule has 0 atom stereocenters. The molecule has 9 nitrogen and oxygen atoms in total. The minimum Gasteiger partial charge on any atom is -0.339 e. The Morgan fingerprint density at radius 2 is 1.39 bits per heavy atom. The number of aromatic nitrogens is 4. The van der Waals surface area contributed by atoms with E-state index in [0.29, 0.717) is 6.54 Å². The van der Waals surface area contributed by atoms with Gasteiger partial charge in [0.15, 0.2) is 0 Å². The number of rotatable bonds is 6. The first-order valence-corrected chi connectivity index (χ1v) is 11.6. The maximum atomic E-state index is 12.9. The van der Waals surface area contributed by atoms with Crippen molar-refractivity contribution < 1.29 is 4.79 Å². The van der Waals surface area contributed by atoms with Gasteiger partial charge in [0.2, 0.25) is 11.9 Å². The number of nitrogens with zero attached hydrogens (tertiary/aromatic N) is 8. The summed E-state index contributed by atoms with van der Waals surface area (Å²) < 4.78 is 1.77. The Labute approximate surface area is 194 Å². The largest absolute Gasteiger partial charge is 0.339 e. The van der Waals surface area contributed by atoms with Crippen LogP contribution in [0.2, 0.25) is 0 Å². The van der Waals surface area contributed by atoms with Crippen LogP contribution in [-0.4, -0.2) is 99.7 Å². The first-order valence-electron chi connectivity index (χ1n) is 11.6. The van der Waals surface area contributed by atoms with Crippen LogP contribution in [-0.2, 0) is 11.3 Å². The quantitative estimate of drug-likeness (QED) is 0.562. The molecule has 2 aliphatic rings. The molecule has 1 amide bonds. The third kappa shape index (κ3) is 5.20. The molecule has 33 heavy (non-hydrogen) atoms. The molecule has 0 radical (unpaired) electrons.